The Morgan fingerprint density at radius 3 is 2.55 bits per heavy atom. The fourth-order valence-electron chi connectivity index (χ4n) is 6.77. The number of rotatable bonds is 13. The Morgan fingerprint density at radius 2 is 1.98 bits per heavy atom. The molecule has 1 amide bonds. The van der Waals surface area contributed by atoms with Crippen LogP contribution < -0.4 is 0 Å². The van der Waals surface area contributed by atoms with E-state index in [0.717, 1.165) is 18.4 Å². The number of aliphatic hydroxyl groups excluding tert-OH is 1. The quantitative estimate of drug-likeness (QED) is 0.120. The minimum absolute atomic E-state index is 0.0291. The minimum Gasteiger partial charge on any atom is -0.481 e. The number of hydrogen-bond acceptors (Lipinski definition) is 8. The number of hydrogen-bond donors (Lipinski definition) is 2. The highest BCUT2D eigenvalue weighted by Crippen LogP contribution is 2.47. The first-order valence-corrected chi connectivity index (χ1v) is 16.1. The number of aliphatic carboxylic acids is 1. The van der Waals surface area contributed by atoms with Crippen LogP contribution in [0.1, 0.15) is 67.2 Å². The molecule has 42 heavy (non-hydrogen) atoms. The molecule has 2 N–H and O–H groups in total. The monoisotopic (exact) mass is 706 g/mol. The largest absolute Gasteiger partial charge is 0.481 e. The zero-order valence-corrected chi connectivity index (χ0v) is 28.5. The van der Waals surface area contributed by atoms with E-state index in [1.54, 1.807) is 18.9 Å². The van der Waals surface area contributed by atoms with Crippen molar-refractivity contribution in [1.29, 1.82) is 0 Å². The number of carboxylic acids is 1. The van der Waals surface area contributed by atoms with Crippen molar-refractivity contribution in [2.24, 2.45) is 17.8 Å². The Balaban J connectivity index is 1.61. The van der Waals surface area contributed by atoms with Crippen LogP contribution in [0.5, 0.6) is 0 Å². The van der Waals surface area contributed by atoms with Crippen LogP contribution in [0.2, 0.25) is 0 Å². The van der Waals surface area contributed by atoms with Gasteiger partial charge in [0.25, 0.3) is 0 Å². The lowest BCUT2D eigenvalue weighted by Gasteiger charge is -2.40. The molecular weight excluding hydrogens is 655 g/mol. The fourth-order valence-corrected chi connectivity index (χ4v) is 7.22. The van der Waals surface area contributed by atoms with Gasteiger partial charge < -0.3 is 34.1 Å². The van der Waals surface area contributed by atoms with Gasteiger partial charge >= 0.3 is 12.1 Å². The third kappa shape index (κ3) is 9.13. The molecule has 0 bridgehead atoms. The Hall–Kier alpha value is -1.25. The molecule has 0 aliphatic carbocycles. The summed E-state index contributed by atoms with van der Waals surface area (Å²) in [7, 11) is 3.62. The SMILES string of the molecule is CO[C@H]([C@@H](C)[C@H]1O[C@]1(C)C[C@H](C)/C=C/C=C(\C)[C@H]1O[C@@H](CC(=O)O)C[C@@H](OC(=O)N2CCC(N(C)I)C2)[C@@H]1C)[C@@H](C)O. The second-order valence-electron chi connectivity index (χ2n) is 12.8. The lowest BCUT2D eigenvalue weighted by molar-refractivity contribution is -0.151. The van der Waals surface area contributed by atoms with E-state index in [-0.39, 0.29) is 54.2 Å². The number of ether oxygens (including phenoxy) is 4. The molecule has 3 aliphatic heterocycles. The minimum atomic E-state index is -0.935. The summed E-state index contributed by atoms with van der Waals surface area (Å²) in [6.45, 7) is 13.3. The van der Waals surface area contributed by atoms with Crippen molar-refractivity contribution in [3.63, 3.8) is 0 Å². The molecule has 3 aliphatic rings. The Morgan fingerprint density at radius 1 is 1.29 bits per heavy atom. The van der Waals surface area contributed by atoms with Gasteiger partial charge in [0, 0.05) is 67.4 Å². The van der Waals surface area contributed by atoms with E-state index in [4.69, 9.17) is 18.9 Å². The zero-order valence-electron chi connectivity index (χ0n) is 26.4. The number of nitrogens with zero attached hydrogens (tertiary/aromatic N) is 2. The summed E-state index contributed by atoms with van der Waals surface area (Å²) in [5.41, 5.74) is 0.687. The van der Waals surface area contributed by atoms with Crippen molar-refractivity contribution in [2.75, 3.05) is 27.2 Å². The van der Waals surface area contributed by atoms with E-state index in [2.05, 4.69) is 52.8 Å². The normalized spacial score (nSPS) is 34.8. The number of carboxylic acid groups (broad SMARTS) is 1. The van der Waals surface area contributed by atoms with Gasteiger partial charge in [-0.1, -0.05) is 39.0 Å². The molecular formula is C31H51IN2O8. The maximum atomic E-state index is 13.0. The number of likely N-dealkylation sites (tertiary alicyclic amines) is 1. The number of aliphatic hydroxyl groups is 1. The molecule has 0 aromatic rings. The Labute approximate surface area is 265 Å². The fraction of sp³-hybridized carbons (Fsp3) is 0.806. The average Bonchev–Trinajstić information content (AvgIpc) is 3.30. The van der Waals surface area contributed by atoms with Gasteiger partial charge in [-0.2, -0.15) is 0 Å². The van der Waals surface area contributed by atoms with Crippen LogP contribution in [-0.2, 0) is 23.7 Å². The number of carbonyl (C=O) groups is 2. The second-order valence-corrected chi connectivity index (χ2v) is 14.4. The molecule has 0 aromatic carbocycles. The topological polar surface area (TPSA) is 121 Å². The molecule has 3 saturated heterocycles. The smallest absolute Gasteiger partial charge is 0.410 e. The molecule has 11 atom stereocenters. The van der Waals surface area contributed by atoms with Crippen molar-refractivity contribution >= 4 is 34.9 Å². The zero-order chi connectivity index (χ0) is 31.4. The molecule has 3 rings (SSSR count). The van der Waals surface area contributed by atoms with Gasteiger partial charge in [0.1, 0.15) is 6.10 Å². The average molecular weight is 707 g/mol. The summed E-state index contributed by atoms with van der Waals surface area (Å²) in [6, 6.07) is 0.298. The first-order chi connectivity index (χ1) is 19.7. The predicted octanol–water partition coefficient (Wildman–Crippen LogP) is 4.83. The lowest BCUT2D eigenvalue weighted by atomic mass is 9.85. The van der Waals surface area contributed by atoms with Gasteiger partial charge in [-0.05, 0) is 52.2 Å². The van der Waals surface area contributed by atoms with Gasteiger partial charge in [-0.25, -0.2) is 7.91 Å². The maximum Gasteiger partial charge on any atom is 0.410 e. The van der Waals surface area contributed by atoms with E-state index >= 15 is 0 Å². The van der Waals surface area contributed by atoms with Crippen molar-refractivity contribution in [1.82, 2.24) is 8.01 Å². The number of carbonyl (C=O) groups excluding carboxylic acids is 1. The van der Waals surface area contributed by atoms with Gasteiger partial charge in [-0.3, -0.25) is 4.79 Å². The molecule has 0 spiro atoms. The number of allylic oxidation sites excluding steroid dienone is 3. The molecule has 11 heteroatoms. The molecule has 3 heterocycles. The summed E-state index contributed by atoms with van der Waals surface area (Å²) in [4.78, 5) is 26.3. The van der Waals surface area contributed by atoms with Crippen LogP contribution >= 0.6 is 22.9 Å². The molecule has 240 valence electrons. The second kappa shape index (κ2) is 15.2. The highest BCUT2D eigenvalue weighted by molar-refractivity contribution is 14.1. The molecule has 0 aromatic heterocycles. The Kier molecular flexibility index (Phi) is 12.7. The summed E-state index contributed by atoms with van der Waals surface area (Å²) in [5.74, 6) is -0.748. The number of halogens is 1. The van der Waals surface area contributed by atoms with E-state index in [1.807, 2.05) is 33.0 Å². The highest BCUT2D eigenvalue weighted by atomic mass is 127. The van der Waals surface area contributed by atoms with Crippen molar-refractivity contribution in [2.45, 2.75) is 115 Å². The first kappa shape index (κ1) is 35.2. The molecule has 1 unspecified atom stereocenters. The van der Waals surface area contributed by atoms with Crippen LogP contribution in [0.3, 0.4) is 0 Å². The molecule has 0 radical (unpaired) electrons. The van der Waals surface area contributed by atoms with Gasteiger partial charge in [0.05, 0.1) is 42.5 Å². The van der Waals surface area contributed by atoms with Crippen LogP contribution in [0.15, 0.2) is 23.8 Å². The van der Waals surface area contributed by atoms with Crippen LogP contribution in [0.25, 0.3) is 0 Å². The van der Waals surface area contributed by atoms with Crippen molar-refractivity contribution < 1.29 is 38.7 Å². The van der Waals surface area contributed by atoms with E-state index in [1.165, 1.54) is 0 Å². The number of methoxy groups -OCH3 is 1. The third-order valence-corrected chi connectivity index (χ3v) is 9.92. The number of amides is 1. The van der Waals surface area contributed by atoms with Gasteiger partial charge in [-0.15, -0.1) is 0 Å². The van der Waals surface area contributed by atoms with E-state index in [0.29, 0.717) is 25.6 Å². The van der Waals surface area contributed by atoms with Crippen LogP contribution in [-0.4, -0.2) is 106 Å². The summed E-state index contributed by atoms with van der Waals surface area (Å²) in [5, 5.41) is 19.5. The molecule has 0 saturated carbocycles. The van der Waals surface area contributed by atoms with Crippen molar-refractivity contribution in [3.05, 3.63) is 23.8 Å². The summed E-state index contributed by atoms with van der Waals surface area (Å²) >= 11 is 2.24. The van der Waals surface area contributed by atoms with Crippen LogP contribution in [0.4, 0.5) is 4.79 Å². The van der Waals surface area contributed by atoms with Gasteiger partial charge in [0.15, 0.2) is 0 Å². The molecule has 10 nitrogen and oxygen atoms in total. The number of likely N-dealkylation sites (N-methyl/N-ethyl adjacent to an activating group) is 1. The Bertz CT molecular complexity index is 990. The van der Waals surface area contributed by atoms with E-state index in [9.17, 15) is 19.8 Å². The highest BCUT2D eigenvalue weighted by Gasteiger charge is 2.56. The van der Waals surface area contributed by atoms with Gasteiger partial charge in [0.2, 0.25) is 0 Å². The standard InChI is InChI=1S/C31H51IN2O8/c1-18(16-31(6)29(42-31)21(4)28(39-8)22(5)35)10-9-11-19(2)27-20(3)25(14-24(40-27)15-26(36)37)41-30(38)34-13-12-23(17-34)33(7)32/h9-11,18,20-25,27-29,35H,12-17H2,1-8H3,(H,36,37)/b10-9+,19-11+/t18-,20+,21-,22-,23?,24-,25-,27-,28-,29-,31-/m1/s1. The summed E-state index contributed by atoms with van der Waals surface area (Å²) in [6.07, 6.45) is 5.61. The predicted molar refractivity (Wildman–Crippen MR) is 168 cm³/mol. The van der Waals surface area contributed by atoms with E-state index < -0.39 is 24.3 Å². The van der Waals surface area contributed by atoms with Crippen LogP contribution in [0, 0.1) is 17.8 Å². The number of epoxide rings is 1. The third-order valence-electron chi connectivity index (χ3n) is 9.14. The summed E-state index contributed by atoms with van der Waals surface area (Å²) < 4.78 is 25.9. The lowest BCUT2D eigenvalue weighted by Crippen LogP contribution is -2.47. The van der Waals surface area contributed by atoms with Crippen molar-refractivity contribution in [3.8, 4) is 0 Å². The molecule has 3 fully saturated rings. The first-order valence-electron chi connectivity index (χ1n) is 15.1. The maximum absolute atomic E-state index is 13.0.